The topological polar surface area (TPSA) is 43.4 Å². The molecule has 0 amide bonds. The normalized spacial score (nSPS) is 27.9. The van der Waals surface area contributed by atoms with Crippen molar-refractivity contribution >= 4 is 11.8 Å². The first kappa shape index (κ1) is 11.1. The molecule has 4 heteroatoms. The summed E-state index contributed by atoms with van der Waals surface area (Å²) in [6.07, 6.45) is 0.519. The number of ether oxygens (including phenoxy) is 1. The second kappa shape index (κ2) is 3.33. The summed E-state index contributed by atoms with van der Waals surface area (Å²) in [4.78, 5) is 22.5. The van der Waals surface area contributed by atoms with Gasteiger partial charge in [-0.15, -0.1) is 0 Å². The van der Waals surface area contributed by atoms with E-state index in [1.165, 1.54) is 0 Å². The minimum absolute atomic E-state index is 0.0409. The number of rotatable bonds is 1. The first-order chi connectivity index (χ1) is 6.26. The molecule has 0 aromatic rings. The van der Waals surface area contributed by atoms with Crippen molar-refractivity contribution in [3.8, 4) is 0 Å². The van der Waals surface area contributed by atoms with Gasteiger partial charge in [0.25, 0.3) is 5.67 Å². The van der Waals surface area contributed by atoms with Crippen LogP contribution in [0.3, 0.4) is 0 Å². The van der Waals surface area contributed by atoms with Gasteiger partial charge in [0.05, 0.1) is 0 Å². The summed E-state index contributed by atoms with van der Waals surface area (Å²) in [5.74, 6) is -1.68. The minimum Gasteiger partial charge on any atom is -0.457 e. The highest BCUT2D eigenvalue weighted by Gasteiger charge is 2.51. The predicted octanol–water partition coefficient (Wildman–Crippen LogP) is 1.79. The number of ketones is 1. The molecule has 1 aliphatic carbocycles. The highest BCUT2D eigenvalue weighted by Crippen LogP contribution is 2.32. The van der Waals surface area contributed by atoms with Gasteiger partial charge in [-0.2, -0.15) is 0 Å². The second-order valence-corrected chi connectivity index (χ2v) is 4.58. The number of hydrogen-bond donors (Lipinski definition) is 0. The average molecular weight is 202 g/mol. The van der Waals surface area contributed by atoms with Crippen molar-refractivity contribution in [2.45, 2.75) is 51.3 Å². The standard InChI is InChI=1S/C10H15FO3/c1-9(2,3)14-8(13)10(11)6-4-5-7(10)12/h4-6H2,1-3H3. The van der Waals surface area contributed by atoms with Gasteiger partial charge in [0.1, 0.15) is 5.60 Å². The first-order valence-corrected chi connectivity index (χ1v) is 4.71. The molecule has 0 aliphatic heterocycles. The maximum absolute atomic E-state index is 13.8. The Bertz CT molecular complexity index is 267. The summed E-state index contributed by atoms with van der Waals surface area (Å²) in [6.45, 7) is 4.94. The molecular formula is C10H15FO3. The minimum atomic E-state index is -2.38. The van der Waals surface area contributed by atoms with E-state index in [4.69, 9.17) is 4.74 Å². The molecule has 0 aromatic carbocycles. The van der Waals surface area contributed by atoms with Crippen LogP contribution in [0.2, 0.25) is 0 Å². The molecular weight excluding hydrogens is 187 g/mol. The lowest BCUT2D eigenvalue weighted by Gasteiger charge is -2.24. The molecule has 1 atom stereocenters. The van der Waals surface area contributed by atoms with Gasteiger partial charge in [0.2, 0.25) is 0 Å². The third-order valence-corrected chi connectivity index (χ3v) is 2.09. The van der Waals surface area contributed by atoms with Crippen molar-refractivity contribution in [3.63, 3.8) is 0 Å². The zero-order valence-corrected chi connectivity index (χ0v) is 8.72. The van der Waals surface area contributed by atoms with Crippen LogP contribution < -0.4 is 0 Å². The molecule has 1 saturated carbocycles. The molecule has 0 aromatic heterocycles. The number of alkyl halides is 1. The molecule has 0 saturated heterocycles. The third-order valence-electron chi connectivity index (χ3n) is 2.09. The number of esters is 1. The SMILES string of the molecule is CC(C)(C)OC(=O)C1(F)CCCC1=O. The van der Waals surface area contributed by atoms with Crippen molar-refractivity contribution < 1.29 is 18.7 Å². The van der Waals surface area contributed by atoms with E-state index in [9.17, 15) is 14.0 Å². The molecule has 1 fully saturated rings. The van der Waals surface area contributed by atoms with E-state index in [-0.39, 0.29) is 12.8 Å². The highest BCUT2D eigenvalue weighted by molar-refractivity contribution is 6.08. The lowest BCUT2D eigenvalue weighted by molar-refractivity contribution is -0.171. The lowest BCUT2D eigenvalue weighted by Crippen LogP contribution is -2.43. The van der Waals surface area contributed by atoms with Crippen LogP contribution in [0.25, 0.3) is 0 Å². The Morgan fingerprint density at radius 2 is 2.07 bits per heavy atom. The average Bonchev–Trinajstić information content (AvgIpc) is 2.30. The Balaban J connectivity index is 2.74. The lowest BCUT2D eigenvalue weighted by atomic mass is 10.0. The second-order valence-electron chi connectivity index (χ2n) is 4.58. The van der Waals surface area contributed by atoms with E-state index < -0.39 is 23.0 Å². The van der Waals surface area contributed by atoms with Gasteiger partial charge in [-0.25, -0.2) is 9.18 Å². The fourth-order valence-electron chi connectivity index (χ4n) is 1.40. The zero-order valence-electron chi connectivity index (χ0n) is 8.72. The molecule has 80 valence electrons. The van der Waals surface area contributed by atoms with Crippen molar-refractivity contribution in [2.24, 2.45) is 0 Å². The van der Waals surface area contributed by atoms with Gasteiger partial charge in [0, 0.05) is 12.8 Å². The quantitative estimate of drug-likeness (QED) is 0.481. The Morgan fingerprint density at radius 3 is 2.43 bits per heavy atom. The van der Waals surface area contributed by atoms with Crippen molar-refractivity contribution in [1.82, 2.24) is 0 Å². The number of Topliss-reactive ketones (excluding diaryl/α,β-unsaturated/α-hetero) is 1. The van der Waals surface area contributed by atoms with E-state index >= 15 is 0 Å². The highest BCUT2D eigenvalue weighted by atomic mass is 19.1. The van der Waals surface area contributed by atoms with Crippen LogP contribution in [0.5, 0.6) is 0 Å². The molecule has 1 rings (SSSR count). The summed E-state index contributed by atoms with van der Waals surface area (Å²) in [5.41, 5.74) is -3.13. The number of carbonyl (C=O) groups is 2. The Morgan fingerprint density at radius 1 is 1.50 bits per heavy atom. The van der Waals surface area contributed by atoms with Crippen LogP contribution in [0.15, 0.2) is 0 Å². The summed E-state index contributed by atoms with van der Waals surface area (Å²) < 4.78 is 18.7. The smallest absolute Gasteiger partial charge is 0.352 e. The molecule has 0 bridgehead atoms. The largest absolute Gasteiger partial charge is 0.457 e. The summed E-state index contributed by atoms with van der Waals surface area (Å²) in [5, 5.41) is 0. The fourth-order valence-corrected chi connectivity index (χ4v) is 1.40. The molecule has 0 spiro atoms. The van der Waals surface area contributed by atoms with E-state index in [1.54, 1.807) is 20.8 Å². The van der Waals surface area contributed by atoms with Crippen LogP contribution in [-0.2, 0) is 14.3 Å². The van der Waals surface area contributed by atoms with E-state index in [0.717, 1.165) is 0 Å². The maximum atomic E-state index is 13.8. The molecule has 0 heterocycles. The van der Waals surface area contributed by atoms with Crippen molar-refractivity contribution in [3.05, 3.63) is 0 Å². The first-order valence-electron chi connectivity index (χ1n) is 4.71. The predicted molar refractivity (Wildman–Crippen MR) is 48.5 cm³/mol. The molecule has 0 N–H and O–H groups in total. The van der Waals surface area contributed by atoms with E-state index in [0.29, 0.717) is 6.42 Å². The molecule has 14 heavy (non-hydrogen) atoms. The molecule has 1 unspecified atom stereocenters. The van der Waals surface area contributed by atoms with Gasteiger partial charge in [-0.3, -0.25) is 4.79 Å². The summed E-state index contributed by atoms with van der Waals surface area (Å²) in [6, 6.07) is 0. The van der Waals surface area contributed by atoms with Gasteiger partial charge in [-0.05, 0) is 27.2 Å². The summed E-state index contributed by atoms with van der Waals surface area (Å²) >= 11 is 0. The Hall–Kier alpha value is -0.930. The maximum Gasteiger partial charge on any atom is 0.352 e. The van der Waals surface area contributed by atoms with Gasteiger partial charge in [0.15, 0.2) is 5.78 Å². The number of hydrogen-bond acceptors (Lipinski definition) is 3. The molecule has 1 aliphatic rings. The third kappa shape index (κ3) is 2.11. The molecule has 0 radical (unpaired) electrons. The van der Waals surface area contributed by atoms with Crippen LogP contribution in [-0.4, -0.2) is 23.0 Å². The van der Waals surface area contributed by atoms with Crippen LogP contribution in [0.4, 0.5) is 4.39 Å². The Labute approximate surface area is 82.6 Å². The van der Waals surface area contributed by atoms with Gasteiger partial charge in [-0.1, -0.05) is 0 Å². The zero-order chi connectivity index (χ0) is 11.0. The Kier molecular flexibility index (Phi) is 2.65. The van der Waals surface area contributed by atoms with E-state index in [1.807, 2.05) is 0 Å². The number of carbonyl (C=O) groups excluding carboxylic acids is 2. The fraction of sp³-hybridized carbons (Fsp3) is 0.800. The number of halogens is 1. The van der Waals surface area contributed by atoms with Gasteiger partial charge < -0.3 is 4.74 Å². The van der Waals surface area contributed by atoms with Crippen LogP contribution >= 0.6 is 0 Å². The van der Waals surface area contributed by atoms with Crippen molar-refractivity contribution in [2.75, 3.05) is 0 Å². The van der Waals surface area contributed by atoms with Gasteiger partial charge >= 0.3 is 5.97 Å². The van der Waals surface area contributed by atoms with E-state index in [2.05, 4.69) is 0 Å². The van der Waals surface area contributed by atoms with Crippen molar-refractivity contribution in [1.29, 1.82) is 0 Å². The monoisotopic (exact) mass is 202 g/mol. The van der Waals surface area contributed by atoms with Crippen LogP contribution in [0, 0.1) is 0 Å². The molecule has 3 nitrogen and oxygen atoms in total. The van der Waals surface area contributed by atoms with Crippen LogP contribution in [0.1, 0.15) is 40.0 Å². The summed E-state index contributed by atoms with van der Waals surface area (Å²) in [7, 11) is 0.